The first-order valence-corrected chi connectivity index (χ1v) is 11.3. The van der Waals surface area contributed by atoms with E-state index in [0.717, 1.165) is 12.8 Å². The van der Waals surface area contributed by atoms with E-state index in [-0.39, 0.29) is 17.1 Å². The highest BCUT2D eigenvalue weighted by molar-refractivity contribution is 7.90. The van der Waals surface area contributed by atoms with Gasteiger partial charge in [-0.25, -0.2) is 17.1 Å². The lowest BCUT2D eigenvalue weighted by molar-refractivity contribution is 0.329. The summed E-state index contributed by atoms with van der Waals surface area (Å²) < 4.78 is 42.1. The molecular weight excluding hydrogens is 395 g/mol. The predicted octanol–water partition coefficient (Wildman–Crippen LogP) is 2.30. The minimum Gasteiger partial charge on any atom is -0.366 e. The van der Waals surface area contributed by atoms with Crippen molar-refractivity contribution in [2.45, 2.75) is 37.0 Å². The topological polar surface area (TPSA) is 92.5 Å². The monoisotopic (exact) mass is 416 g/mol. The van der Waals surface area contributed by atoms with Crippen LogP contribution in [0.4, 0.5) is 10.2 Å². The average Bonchev–Trinajstić information content (AvgIpc) is 3.51. The quantitative estimate of drug-likeness (QED) is 0.686. The van der Waals surface area contributed by atoms with Gasteiger partial charge in [0.15, 0.2) is 11.5 Å². The van der Waals surface area contributed by atoms with Gasteiger partial charge < -0.3 is 5.32 Å². The smallest absolute Gasteiger partial charge is 0.216 e. The number of rotatable bonds is 5. The van der Waals surface area contributed by atoms with Crippen LogP contribution in [0.15, 0.2) is 36.4 Å². The molecule has 0 bridgehead atoms. The lowest BCUT2D eigenvalue weighted by atomic mass is 10.1. The first-order valence-electron chi connectivity index (χ1n) is 9.75. The van der Waals surface area contributed by atoms with Crippen LogP contribution in [0.25, 0.3) is 17.0 Å². The number of halogens is 1. The van der Waals surface area contributed by atoms with Crippen molar-refractivity contribution >= 4 is 21.5 Å². The number of hydrogen-bond acceptors (Lipinski definition) is 6. The highest BCUT2D eigenvalue weighted by Gasteiger charge is 2.41. The summed E-state index contributed by atoms with van der Waals surface area (Å²) in [5, 5.41) is 15.9. The van der Waals surface area contributed by atoms with Gasteiger partial charge in [0.25, 0.3) is 0 Å². The SMILES string of the molecule is O=S(=O)(C1CC1)N1CCC(Nc2ccc3nnc(-c4ccccc4F)n3n2)CC1. The van der Waals surface area contributed by atoms with Crippen molar-refractivity contribution < 1.29 is 12.8 Å². The van der Waals surface area contributed by atoms with Crippen molar-refractivity contribution in [3.8, 4) is 11.4 Å². The first kappa shape index (κ1) is 18.4. The van der Waals surface area contributed by atoms with Crippen LogP contribution in [-0.4, -0.2) is 56.9 Å². The Morgan fingerprint density at radius 1 is 1.00 bits per heavy atom. The molecule has 2 fully saturated rings. The number of nitrogens with zero attached hydrogens (tertiary/aromatic N) is 5. The van der Waals surface area contributed by atoms with E-state index in [1.165, 1.54) is 10.6 Å². The maximum Gasteiger partial charge on any atom is 0.216 e. The van der Waals surface area contributed by atoms with Gasteiger partial charge in [-0.1, -0.05) is 12.1 Å². The van der Waals surface area contributed by atoms with Crippen LogP contribution < -0.4 is 5.32 Å². The lowest BCUT2D eigenvalue weighted by Crippen LogP contribution is -2.43. The molecule has 0 radical (unpaired) electrons. The van der Waals surface area contributed by atoms with E-state index in [0.29, 0.717) is 48.8 Å². The number of sulfonamides is 1. The Bertz CT molecular complexity index is 1150. The zero-order chi connectivity index (χ0) is 20.0. The molecule has 1 N–H and O–H groups in total. The number of aromatic nitrogens is 4. The Labute approximate surface area is 167 Å². The molecule has 1 saturated carbocycles. The fourth-order valence-electron chi connectivity index (χ4n) is 3.72. The minimum atomic E-state index is -3.11. The fourth-order valence-corrected chi connectivity index (χ4v) is 5.59. The molecule has 3 aromatic rings. The van der Waals surface area contributed by atoms with E-state index in [2.05, 4.69) is 20.6 Å². The summed E-state index contributed by atoms with van der Waals surface area (Å²) in [6.07, 6.45) is 3.00. The number of hydrogen-bond donors (Lipinski definition) is 1. The van der Waals surface area contributed by atoms with E-state index in [1.807, 2.05) is 6.07 Å². The average molecular weight is 416 g/mol. The molecule has 1 aliphatic carbocycles. The van der Waals surface area contributed by atoms with E-state index < -0.39 is 10.0 Å². The molecule has 0 spiro atoms. The molecule has 10 heteroatoms. The Kier molecular flexibility index (Phi) is 4.47. The summed E-state index contributed by atoms with van der Waals surface area (Å²) in [7, 11) is -3.11. The van der Waals surface area contributed by atoms with Gasteiger partial charge in [-0.15, -0.1) is 15.3 Å². The summed E-state index contributed by atoms with van der Waals surface area (Å²) >= 11 is 0. The zero-order valence-corrected chi connectivity index (χ0v) is 16.5. The standard InChI is InChI=1S/C19H21FN6O2S/c20-16-4-2-1-3-15(16)19-23-22-18-8-7-17(24-26(18)19)21-13-9-11-25(12-10-13)29(27,28)14-5-6-14/h1-4,7-8,13-14H,5-6,9-12H2,(H,21,24). The van der Waals surface area contributed by atoms with Gasteiger partial charge >= 0.3 is 0 Å². The Morgan fingerprint density at radius 3 is 2.48 bits per heavy atom. The second-order valence-electron chi connectivity index (χ2n) is 7.55. The summed E-state index contributed by atoms with van der Waals surface area (Å²) in [5.74, 6) is 0.580. The van der Waals surface area contributed by atoms with Crippen molar-refractivity contribution in [2.24, 2.45) is 0 Å². The molecule has 1 saturated heterocycles. The number of nitrogens with one attached hydrogen (secondary N) is 1. The van der Waals surface area contributed by atoms with E-state index in [4.69, 9.17) is 0 Å². The van der Waals surface area contributed by atoms with Crippen LogP contribution in [0.5, 0.6) is 0 Å². The largest absolute Gasteiger partial charge is 0.366 e. The second kappa shape index (κ2) is 7.03. The molecule has 1 aliphatic heterocycles. The van der Waals surface area contributed by atoms with Gasteiger partial charge in [-0.2, -0.15) is 4.52 Å². The molecule has 152 valence electrons. The van der Waals surface area contributed by atoms with Crippen molar-refractivity contribution in [3.63, 3.8) is 0 Å². The molecule has 0 unspecified atom stereocenters. The van der Waals surface area contributed by atoms with Gasteiger partial charge in [0.1, 0.15) is 11.6 Å². The van der Waals surface area contributed by atoms with Gasteiger partial charge in [0.2, 0.25) is 10.0 Å². The van der Waals surface area contributed by atoms with Gasteiger partial charge in [0.05, 0.1) is 10.8 Å². The molecular formula is C19H21FN6O2S. The highest BCUT2D eigenvalue weighted by atomic mass is 32.2. The zero-order valence-electron chi connectivity index (χ0n) is 15.7. The van der Waals surface area contributed by atoms with E-state index >= 15 is 0 Å². The fraction of sp³-hybridized carbons (Fsp3) is 0.421. The highest BCUT2D eigenvalue weighted by Crippen LogP contribution is 2.32. The molecule has 3 heterocycles. The molecule has 0 atom stereocenters. The van der Waals surface area contributed by atoms with Crippen molar-refractivity contribution in [1.29, 1.82) is 0 Å². The molecule has 2 aromatic heterocycles. The summed E-state index contributed by atoms with van der Waals surface area (Å²) in [6, 6.07) is 10.1. The molecule has 5 rings (SSSR count). The number of anilines is 1. The predicted molar refractivity (Wildman–Crippen MR) is 106 cm³/mol. The number of fused-ring (bicyclic) bond motifs is 1. The van der Waals surface area contributed by atoms with E-state index in [1.54, 1.807) is 28.6 Å². The summed E-state index contributed by atoms with van der Waals surface area (Å²) in [5.41, 5.74) is 0.863. The number of piperidine rings is 1. The second-order valence-corrected chi connectivity index (χ2v) is 9.77. The molecule has 29 heavy (non-hydrogen) atoms. The summed E-state index contributed by atoms with van der Waals surface area (Å²) in [4.78, 5) is 0. The third kappa shape index (κ3) is 3.46. The van der Waals surface area contributed by atoms with Gasteiger partial charge in [0, 0.05) is 19.1 Å². The molecule has 0 amide bonds. The maximum absolute atomic E-state index is 14.2. The lowest BCUT2D eigenvalue weighted by Gasteiger charge is -2.31. The maximum atomic E-state index is 14.2. The third-order valence-corrected chi connectivity index (χ3v) is 7.89. The number of benzene rings is 1. The van der Waals surface area contributed by atoms with Crippen LogP contribution in [0, 0.1) is 5.82 Å². The first-order chi connectivity index (χ1) is 14.0. The van der Waals surface area contributed by atoms with E-state index in [9.17, 15) is 12.8 Å². The van der Waals surface area contributed by atoms with Crippen LogP contribution in [-0.2, 0) is 10.0 Å². The van der Waals surface area contributed by atoms with Crippen molar-refractivity contribution in [3.05, 3.63) is 42.2 Å². The van der Waals surface area contributed by atoms with Crippen LogP contribution >= 0.6 is 0 Å². The molecule has 2 aliphatic rings. The van der Waals surface area contributed by atoms with Crippen LogP contribution in [0.3, 0.4) is 0 Å². The van der Waals surface area contributed by atoms with Crippen molar-refractivity contribution in [1.82, 2.24) is 24.1 Å². The van der Waals surface area contributed by atoms with Gasteiger partial charge in [-0.05, 0) is 49.9 Å². The minimum absolute atomic E-state index is 0.124. The normalized spacial score (nSPS) is 18.9. The molecule has 1 aromatic carbocycles. The Hall–Kier alpha value is -2.59. The van der Waals surface area contributed by atoms with Crippen LogP contribution in [0.2, 0.25) is 0 Å². The Morgan fingerprint density at radius 2 is 1.76 bits per heavy atom. The molecule has 8 nitrogen and oxygen atoms in total. The Balaban J connectivity index is 1.33. The van der Waals surface area contributed by atoms with Crippen LogP contribution in [0.1, 0.15) is 25.7 Å². The third-order valence-electron chi connectivity index (χ3n) is 5.49. The van der Waals surface area contributed by atoms with Gasteiger partial charge in [-0.3, -0.25) is 0 Å². The van der Waals surface area contributed by atoms with Crippen molar-refractivity contribution in [2.75, 3.05) is 18.4 Å². The summed E-state index contributed by atoms with van der Waals surface area (Å²) in [6.45, 7) is 1.04.